The maximum atomic E-state index is 14.2. The molecule has 3 aromatic rings. The molecule has 2 saturated heterocycles. The van der Waals surface area contributed by atoms with Gasteiger partial charge < -0.3 is 25.0 Å². The number of benzene rings is 1. The molecule has 1 aromatic carbocycles. The number of alkyl halides is 3. The lowest BCUT2D eigenvalue weighted by Gasteiger charge is -2.40. The van der Waals surface area contributed by atoms with Crippen molar-refractivity contribution in [3.63, 3.8) is 0 Å². The number of rotatable bonds is 7. The number of hydrogen-bond donors (Lipinski definition) is 2. The number of ether oxygens (including phenoxy) is 1. The Morgan fingerprint density at radius 1 is 1.18 bits per heavy atom. The fraction of sp³-hybridized carbons (Fsp3) is 0.483. The van der Waals surface area contributed by atoms with E-state index in [0.717, 1.165) is 30.4 Å². The van der Waals surface area contributed by atoms with Gasteiger partial charge in [0.1, 0.15) is 10.4 Å². The monoisotopic (exact) mass is 666 g/mol. The molecule has 0 spiro atoms. The van der Waals surface area contributed by atoms with Crippen LogP contribution in [0.3, 0.4) is 0 Å². The van der Waals surface area contributed by atoms with Gasteiger partial charge in [0.2, 0.25) is 5.95 Å². The third kappa shape index (κ3) is 6.13. The smallest absolute Gasteiger partial charge is 0.395 e. The molecule has 45 heavy (non-hydrogen) atoms. The highest BCUT2D eigenvalue weighted by atomic mass is 32.2. The molecule has 16 heteroatoms. The summed E-state index contributed by atoms with van der Waals surface area (Å²) in [6, 6.07) is 6.57. The van der Waals surface area contributed by atoms with Crippen molar-refractivity contribution in [2.75, 3.05) is 69.0 Å². The molecule has 0 bridgehead atoms. The molecule has 242 valence electrons. The predicted molar refractivity (Wildman–Crippen MR) is 163 cm³/mol. The summed E-state index contributed by atoms with van der Waals surface area (Å²) in [5, 5.41) is 12.8. The average molecular weight is 667 g/mol. The maximum Gasteiger partial charge on any atom is 0.420 e. The molecule has 1 amide bonds. The van der Waals surface area contributed by atoms with Gasteiger partial charge >= 0.3 is 6.18 Å². The number of aryl methyl sites for hydroxylation is 1. The second-order valence-corrected chi connectivity index (χ2v) is 14.5. The van der Waals surface area contributed by atoms with Gasteiger partial charge in [0.25, 0.3) is 5.91 Å². The van der Waals surface area contributed by atoms with Crippen molar-refractivity contribution in [1.29, 1.82) is 0 Å². The summed E-state index contributed by atoms with van der Waals surface area (Å²) < 4.78 is 74.0. The Labute approximate surface area is 262 Å². The van der Waals surface area contributed by atoms with Gasteiger partial charge in [0.15, 0.2) is 9.84 Å². The van der Waals surface area contributed by atoms with Crippen LogP contribution in [-0.4, -0.2) is 110 Å². The number of nitrogens with zero attached hydrogens (tertiary/aromatic N) is 5. The molecule has 2 fully saturated rings. The highest BCUT2D eigenvalue weighted by Gasteiger charge is 2.41. The SMILES string of the molecule is CCc1cc(N2CCN(C)[C@@H](CO)C2)ccc1Nc1ncc(C(F)(F)F)c(-c2cc3c(s2)C(=O)N(C2COC2)CCS3(=O)=O)n1. The number of nitrogens with one attached hydrogen (secondary N) is 1. The summed E-state index contributed by atoms with van der Waals surface area (Å²) in [7, 11) is -1.96. The number of carbonyl (C=O) groups excluding carboxylic acids is 1. The summed E-state index contributed by atoms with van der Waals surface area (Å²) >= 11 is 0.685. The summed E-state index contributed by atoms with van der Waals surface area (Å²) in [5.41, 5.74) is 0.806. The van der Waals surface area contributed by atoms with Crippen molar-refractivity contribution in [3.8, 4) is 10.6 Å². The van der Waals surface area contributed by atoms with Gasteiger partial charge in [-0.25, -0.2) is 18.4 Å². The van der Waals surface area contributed by atoms with E-state index in [1.165, 1.54) is 4.90 Å². The number of carbonyl (C=O) groups is 1. The first-order chi connectivity index (χ1) is 21.4. The van der Waals surface area contributed by atoms with E-state index in [-0.39, 0.29) is 64.8 Å². The van der Waals surface area contributed by atoms with Crippen molar-refractivity contribution in [2.24, 2.45) is 0 Å². The summed E-state index contributed by atoms with van der Waals surface area (Å²) in [6.07, 6.45) is -3.55. The lowest BCUT2D eigenvalue weighted by molar-refractivity contribution is -0.137. The van der Waals surface area contributed by atoms with E-state index in [9.17, 15) is 31.5 Å². The van der Waals surface area contributed by atoms with Crippen LogP contribution < -0.4 is 10.2 Å². The zero-order valence-electron chi connectivity index (χ0n) is 24.7. The van der Waals surface area contributed by atoms with Crippen LogP contribution in [0.4, 0.5) is 30.5 Å². The molecular formula is C29H33F3N6O5S2. The lowest BCUT2D eigenvalue weighted by atomic mass is 10.1. The number of aliphatic hydroxyl groups is 1. The first-order valence-electron chi connectivity index (χ1n) is 14.6. The molecular weight excluding hydrogens is 633 g/mol. The highest BCUT2D eigenvalue weighted by Crippen LogP contribution is 2.42. The van der Waals surface area contributed by atoms with Crippen LogP contribution in [0.1, 0.15) is 27.7 Å². The Hall–Kier alpha value is -3.31. The number of halogens is 3. The second kappa shape index (κ2) is 12.1. The first-order valence-corrected chi connectivity index (χ1v) is 17.0. The van der Waals surface area contributed by atoms with Crippen molar-refractivity contribution < 1.29 is 36.2 Å². The van der Waals surface area contributed by atoms with Gasteiger partial charge in [-0.15, -0.1) is 11.3 Å². The lowest BCUT2D eigenvalue weighted by Crippen LogP contribution is -2.53. The van der Waals surface area contributed by atoms with Gasteiger partial charge in [0.05, 0.1) is 53.1 Å². The van der Waals surface area contributed by atoms with Crippen LogP contribution in [0.25, 0.3) is 10.6 Å². The van der Waals surface area contributed by atoms with Gasteiger partial charge in [0, 0.05) is 43.8 Å². The molecule has 2 aromatic heterocycles. The van der Waals surface area contributed by atoms with Gasteiger partial charge in [-0.1, -0.05) is 6.92 Å². The van der Waals surface area contributed by atoms with Crippen molar-refractivity contribution in [2.45, 2.75) is 36.5 Å². The van der Waals surface area contributed by atoms with E-state index in [0.29, 0.717) is 36.2 Å². The number of likely N-dealkylation sites (N-methyl/N-ethyl adjacent to an activating group) is 1. The number of thiophene rings is 1. The zero-order valence-corrected chi connectivity index (χ0v) is 26.3. The molecule has 0 aliphatic carbocycles. The quantitative estimate of drug-likeness (QED) is 0.388. The topological polar surface area (TPSA) is 128 Å². The molecule has 6 rings (SSSR count). The van der Waals surface area contributed by atoms with E-state index in [4.69, 9.17) is 4.74 Å². The summed E-state index contributed by atoms with van der Waals surface area (Å²) in [6.45, 7) is 4.77. The molecule has 0 radical (unpaired) electrons. The number of amides is 1. The molecule has 0 saturated carbocycles. The van der Waals surface area contributed by atoms with E-state index in [1.807, 2.05) is 32.2 Å². The fourth-order valence-corrected chi connectivity index (χ4v) is 8.63. The van der Waals surface area contributed by atoms with Gasteiger partial charge in [-0.2, -0.15) is 13.2 Å². The number of aliphatic hydroxyl groups excluding tert-OH is 1. The van der Waals surface area contributed by atoms with Crippen LogP contribution in [0.15, 0.2) is 35.4 Å². The third-order valence-corrected chi connectivity index (χ3v) is 11.5. The largest absolute Gasteiger partial charge is 0.420 e. The van der Waals surface area contributed by atoms with E-state index in [1.54, 1.807) is 0 Å². The number of anilines is 3. The summed E-state index contributed by atoms with van der Waals surface area (Å²) in [5.74, 6) is -0.993. The standard InChI is InChI=1S/C29H33F3N6O5S2/c1-3-17-10-18(37-7-6-36(2)19(13-37)14-39)4-5-22(17)34-28-33-12-21(29(30,31)32)25(35-28)23-11-24-26(44-23)27(40)38(20-15-43-16-20)8-9-45(24,41)42/h4-5,10-12,19-20,39H,3,6-9,13-16H2,1-2H3,(H,33,34,35)/t19-/m1/s1. The molecule has 1 atom stereocenters. The van der Waals surface area contributed by atoms with Crippen LogP contribution >= 0.6 is 11.3 Å². The average Bonchev–Trinajstić information content (AvgIpc) is 3.41. The first kappa shape index (κ1) is 31.7. The van der Waals surface area contributed by atoms with Gasteiger partial charge in [-0.05, 0) is 43.3 Å². The Bertz CT molecular complexity index is 1710. The number of hydrogen-bond acceptors (Lipinski definition) is 11. The molecule has 3 aliphatic heterocycles. The normalized spacial score (nSPS) is 20.9. The number of fused-ring (bicyclic) bond motifs is 1. The minimum absolute atomic E-state index is 0.00784. The third-order valence-electron chi connectivity index (χ3n) is 8.55. The number of aromatic nitrogens is 2. The maximum absolute atomic E-state index is 14.2. The zero-order chi connectivity index (χ0) is 32.1. The molecule has 0 unspecified atom stereocenters. The van der Waals surface area contributed by atoms with Crippen LogP contribution in [0.5, 0.6) is 0 Å². The van der Waals surface area contributed by atoms with Crippen LogP contribution in [0.2, 0.25) is 0 Å². The van der Waals surface area contributed by atoms with Gasteiger partial charge in [-0.3, -0.25) is 9.69 Å². The van der Waals surface area contributed by atoms with E-state index >= 15 is 0 Å². The molecule has 11 nitrogen and oxygen atoms in total. The number of sulfone groups is 1. The minimum atomic E-state index is -4.83. The fourth-order valence-electron chi connectivity index (χ4n) is 5.71. The van der Waals surface area contributed by atoms with E-state index < -0.39 is 33.2 Å². The van der Waals surface area contributed by atoms with Crippen molar-refractivity contribution >= 4 is 44.4 Å². The Kier molecular flexibility index (Phi) is 8.54. The molecule has 5 heterocycles. The van der Waals surface area contributed by atoms with E-state index in [2.05, 4.69) is 25.1 Å². The minimum Gasteiger partial charge on any atom is -0.395 e. The summed E-state index contributed by atoms with van der Waals surface area (Å²) in [4.78, 5) is 26.8. The van der Waals surface area contributed by atoms with Crippen LogP contribution in [0, 0.1) is 0 Å². The number of piperazine rings is 1. The Balaban J connectivity index is 1.34. The highest BCUT2D eigenvalue weighted by molar-refractivity contribution is 7.91. The van der Waals surface area contributed by atoms with Crippen molar-refractivity contribution in [3.05, 3.63) is 46.5 Å². The molecule has 2 N–H and O–H groups in total. The molecule has 3 aliphatic rings. The Morgan fingerprint density at radius 3 is 2.62 bits per heavy atom. The Morgan fingerprint density at radius 2 is 1.96 bits per heavy atom. The van der Waals surface area contributed by atoms with Crippen molar-refractivity contribution in [1.82, 2.24) is 19.8 Å². The van der Waals surface area contributed by atoms with Crippen LogP contribution in [-0.2, 0) is 27.2 Å². The predicted octanol–water partition coefficient (Wildman–Crippen LogP) is 3.27. The second-order valence-electron chi connectivity index (χ2n) is 11.3.